The monoisotopic (exact) mass is 430 g/mol. The van der Waals surface area contributed by atoms with E-state index in [1.54, 1.807) is 0 Å². The van der Waals surface area contributed by atoms with Crippen LogP contribution in [0, 0.1) is 0 Å². The molecule has 0 N–H and O–H groups in total. The van der Waals surface area contributed by atoms with Crippen LogP contribution in [0.4, 0.5) is 0 Å². The van der Waals surface area contributed by atoms with E-state index in [9.17, 15) is 0 Å². The van der Waals surface area contributed by atoms with Crippen molar-refractivity contribution >= 4 is 18.1 Å². The van der Waals surface area contributed by atoms with E-state index < -0.39 is 15.8 Å². The fourth-order valence-electron chi connectivity index (χ4n) is 1.03. The minimum absolute atomic E-state index is 1.24. The molecule has 0 fully saturated rings. The maximum absolute atomic E-state index is 3.79. The van der Waals surface area contributed by atoms with Gasteiger partial charge in [0.05, 0.1) is 0 Å². The molecule has 0 aliphatic heterocycles. The van der Waals surface area contributed by atoms with Crippen LogP contribution in [0.15, 0.2) is 38.0 Å². The summed E-state index contributed by atoms with van der Waals surface area (Å²) < 4.78 is 3.72. The standard InChI is InChI=1S/3C3H5.Hf.HI/c3*1-3-2;;/h3*3H,1-2H2;;1H/q;;;+1;/p-1. The molecular formula is C9H15HfI. The molecule has 0 saturated heterocycles. The fourth-order valence-corrected chi connectivity index (χ4v) is 16.0. The Morgan fingerprint density at radius 1 is 0.909 bits per heavy atom. The molecule has 0 heterocycles. The van der Waals surface area contributed by atoms with Gasteiger partial charge in [0, 0.05) is 0 Å². The summed E-state index contributed by atoms with van der Waals surface area (Å²) in [6, 6.07) is 0. The van der Waals surface area contributed by atoms with Gasteiger partial charge in [0.15, 0.2) is 0 Å². The average Bonchev–Trinajstić information content (AvgIpc) is 1.88. The van der Waals surface area contributed by atoms with E-state index >= 15 is 0 Å². The van der Waals surface area contributed by atoms with Crippen molar-refractivity contribution in [1.82, 2.24) is 0 Å². The van der Waals surface area contributed by atoms with Crippen LogP contribution >= 0.6 is 18.1 Å². The summed E-state index contributed by atoms with van der Waals surface area (Å²) >= 11 is 0.709. The van der Waals surface area contributed by atoms with Gasteiger partial charge >= 0.3 is 84.4 Å². The second kappa shape index (κ2) is 6.35. The zero-order valence-corrected chi connectivity index (χ0v) is 12.6. The summed E-state index contributed by atoms with van der Waals surface area (Å²) in [5.74, 6) is 0. The van der Waals surface area contributed by atoms with Crippen molar-refractivity contribution < 1.29 is 15.8 Å². The molecule has 0 aromatic rings. The Bertz CT molecular complexity index is 125. The first kappa shape index (κ1) is 11.8. The van der Waals surface area contributed by atoms with Gasteiger partial charge in [-0.15, -0.1) is 0 Å². The molecule has 62 valence electrons. The topological polar surface area (TPSA) is 0 Å². The fraction of sp³-hybridized carbons (Fsp3) is 0.333. The third-order valence-corrected chi connectivity index (χ3v) is 23.3. The Kier molecular flexibility index (Phi) is 6.82. The molecular weight excluding hydrogens is 413 g/mol. The van der Waals surface area contributed by atoms with Gasteiger partial charge in [-0.25, -0.2) is 0 Å². The molecule has 0 aliphatic carbocycles. The predicted octanol–water partition coefficient (Wildman–Crippen LogP) is 4.30. The second-order valence-corrected chi connectivity index (χ2v) is 34.0. The average molecular weight is 429 g/mol. The van der Waals surface area contributed by atoms with Crippen LogP contribution in [0.1, 0.15) is 0 Å². The molecule has 2 heteroatoms. The Morgan fingerprint density at radius 3 is 1.36 bits per heavy atom. The van der Waals surface area contributed by atoms with E-state index in [4.69, 9.17) is 0 Å². The number of hydrogen-bond donors (Lipinski definition) is 0. The Labute approximate surface area is 83.5 Å². The molecule has 0 unspecified atom stereocenters. The number of halogens is 1. The van der Waals surface area contributed by atoms with E-state index in [0.717, 1.165) is 0 Å². The zero-order valence-electron chi connectivity index (χ0n) is 6.85. The first-order chi connectivity index (χ1) is 5.18. The van der Waals surface area contributed by atoms with Crippen molar-refractivity contribution in [3.63, 3.8) is 0 Å². The van der Waals surface area contributed by atoms with Gasteiger partial charge in [-0.05, 0) is 0 Å². The van der Waals surface area contributed by atoms with Crippen LogP contribution in [0.2, 0.25) is 12.5 Å². The molecule has 0 rings (SSSR count). The number of hydrogen-bond acceptors (Lipinski definition) is 0. The summed E-state index contributed by atoms with van der Waals surface area (Å²) in [6.07, 6.45) is 6.17. The molecule has 11 heavy (non-hydrogen) atoms. The van der Waals surface area contributed by atoms with Crippen molar-refractivity contribution in [3.8, 4) is 0 Å². The molecule has 0 aromatic heterocycles. The Hall–Kier alpha value is 0.820. The van der Waals surface area contributed by atoms with E-state index in [0.29, 0.717) is 0 Å². The molecule has 0 aliphatic rings. The maximum atomic E-state index is 3.79. The van der Waals surface area contributed by atoms with E-state index in [1.807, 2.05) is 0 Å². The second-order valence-electron chi connectivity index (χ2n) is 2.63. The summed E-state index contributed by atoms with van der Waals surface area (Å²) in [7, 11) is 0. The van der Waals surface area contributed by atoms with Crippen LogP contribution in [-0.2, 0) is 15.8 Å². The van der Waals surface area contributed by atoms with Crippen LogP contribution in [-0.4, -0.2) is 0 Å². The van der Waals surface area contributed by atoms with Gasteiger partial charge in [-0.1, -0.05) is 0 Å². The van der Waals surface area contributed by atoms with Crippen molar-refractivity contribution in [3.05, 3.63) is 38.0 Å². The first-order valence-electron chi connectivity index (χ1n) is 3.70. The van der Waals surface area contributed by atoms with Gasteiger partial charge < -0.3 is 0 Å². The number of allylic oxidation sites excluding steroid dienone is 3. The molecule has 0 aromatic carbocycles. The molecule has 0 saturated carbocycles. The van der Waals surface area contributed by atoms with Gasteiger partial charge in [0.25, 0.3) is 0 Å². The van der Waals surface area contributed by atoms with E-state index in [-0.39, 0.29) is 0 Å². The van der Waals surface area contributed by atoms with Crippen molar-refractivity contribution in [2.45, 2.75) is 12.5 Å². The SMILES string of the molecule is C=C[CH2][Hf]([I])([CH2]C=C)[CH2]C=C. The summed E-state index contributed by atoms with van der Waals surface area (Å²) in [6.45, 7) is 11.4. The van der Waals surface area contributed by atoms with Gasteiger partial charge in [0.2, 0.25) is 0 Å². The third kappa shape index (κ3) is 5.12. The van der Waals surface area contributed by atoms with Crippen LogP contribution in [0.5, 0.6) is 0 Å². The zero-order chi connectivity index (χ0) is 8.74. The third-order valence-electron chi connectivity index (χ3n) is 1.53. The summed E-state index contributed by atoms with van der Waals surface area (Å²) in [5, 5.41) is 0. The Morgan fingerprint density at radius 2 is 1.18 bits per heavy atom. The minimum atomic E-state index is -1.97. The summed E-state index contributed by atoms with van der Waals surface area (Å²) in [5.41, 5.74) is 0. The molecule has 0 bridgehead atoms. The van der Waals surface area contributed by atoms with E-state index in [2.05, 4.69) is 56.1 Å². The quantitative estimate of drug-likeness (QED) is 0.336. The van der Waals surface area contributed by atoms with Gasteiger partial charge in [-0.2, -0.15) is 0 Å². The van der Waals surface area contributed by atoms with Crippen LogP contribution < -0.4 is 0 Å². The van der Waals surface area contributed by atoms with Crippen molar-refractivity contribution in [2.75, 3.05) is 0 Å². The Balaban J connectivity index is 4.09. The van der Waals surface area contributed by atoms with Crippen molar-refractivity contribution in [1.29, 1.82) is 0 Å². The summed E-state index contributed by atoms with van der Waals surface area (Å²) in [4.78, 5) is 0. The molecule has 0 nitrogen and oxygen atoms in total. The first-order valence-corrected chi connectivity index (χ1v) is 21.5. The van der Waals surface area contributed by atoms with Gasteiger partial charge in [-0.3, -0.25) is 0 Å². The molecule has 0 amide bonds. The van der Waals surface area contributed by atoms with E-state index in [1.165, 1.54) is 12.5 Å². The van der Waals surface area contributed by atoms with Crippen LogP contribution in [0.25, 0.3) is 0 Å². The number of rotatable bonds is 6. The predicted molar refractivity (Wildman–Crippen MR) is 59.0 cm³/mol. The molecule has 0 spiro atoms. The molecule has 0 radical (unpaired) electrons. The molecule has 0 atom stereocenters. The normalized spacial score (nSPS) is 10.6. The van der Waals surface area contributed by atoms with Crippen molar-refractivity contribution in [2.24, 2.45) is 0 Å². The van der Waals surface area contributed by atoms with Crippen LogP contribution in [0.3, 0.4) is 0 Å². The van der Waals surface area contributed by atoms with Gasteiger partial charge in [0.1, 0.15) is 0 Å².